The second kappa shape index (κ2) is 9.43. The summed E-state index contributed by atoms with van der Waals surface area (Å²) in [5.41, 5.74) is 1.18. The molecule has 1 aromatic heterocycles. The number of aliphatic hydroxyl groups excluding tert-OH is 1. The van der Waals surface area contributed by atoms with E-state index in [0.29, 0.717) is 12.1 Å². The van der Waals surface area contributed by atoms with Crippen molar-refractivity contribution in [3.05, 3.63) is 29.6 Å². The lowest BCUT2D eigenvalue weighted by molar-refractivity contribution is 0.0735. The van der Waals surface area contributed by atoms with Crippen LogP contribution in [0.15, 0.2) is 18.3 Å². The van der Waals surface area contributed by atoms with Crippen LogP contribution in [0.3, 0.4) is 0 Å². The molecule has 0 aliphatic carbocycles. The van der Waals surface area contributed by atoms with Gasteiger partial charge < -0.3 is 10.0 Å². The molecule has 0 saturated heterocycles. The van der Waals surface area contributed by atoms with Gasteiger partial charge in [0.05, 0.1) is 6.61 Å². The van der Waals surface area contributed by atoms with Gasteiger partial charge in [-0.2, -0.15) is 11.8 Å². The van der Waals surface area contributed by atoms with Crippen molar-refractivity contribution in [1.29, 1.82) is 0 Å². The van der Waals surface area contributed by atoms with Crippen LogP contribution in [-0.4, -0.2) is 52.6 Å². The lowest BCUT2D eigenvalue weighted by atomic mass is 10.2. The monoisotopic (exact) mass is 306 g/mol. The van der Waals surface area contributed by atoms with E-state index in [0.717, 1.165) is 17.7 Å². The third kappa shape index (κ3) is 5.78. The third-order valence-electron chi connectivity index (χ3n) is 3.17. The zero-order chi connectivity index (χ0) is 15.7. The van der Waals surface area contributed by atoms with Crippen molar-refractivity contribution in [2.75, 3.05) is 25.7 Å². The molecule has 0 aliphatic rings. The van der Waals surface area contributed by atoms with E-state index >= 15 is 0 Å². The van der Waals surface area contributed by atoms with Gasteiger partial charge in [0, 0.05) is 31.3 Å². The van der Waals surface area contributed by atoms with E-state index in [4.69, 9.17) is 5.11 Å². The number of carbonyl (C=O) groups excluding carboxylic acids is 1. The first-order valence-corrected chi connectivity index (χ1v) is 8.31. The van der Waals surface area contributed by atoms with Gasteiger partial charge in [0.15, 0.2) is 0 Å². The molecule has 0 fully saturated rings. The van der Waals surface area contributed by atoms with Gasteiger partial charge >= 0.3 is 0 Å². The summed E-state index contributed by atoms with van der Waals surface area (Å²) in [7, 11) is 1.81. The first kappa shape index (κ1) is 17.5. The molecule has 1 unspecified atom stereocenters. The molecule has 1 heterocycles. The van der Waals surface area contributed by atoms with E-state index in [2.05, 4.69) is 23.1 Å². The normalized spacial score (nSPS) is 11.4. The van der Waals surface area contributed by atoms with Crippen LogP contribution in [0.2, 0.25) is 0 Å². The van der Waals surface area contributed by atoms with E-state index in [1.807, 2.05) is 14.0 Å². The summed E-state index contributed by atoms with van der Waals surface area (Å²) in [6, 6.07) is 3.67. The molecular formula is C16H22N2O2S. The standard InChI is InChI=1S/C16H22N2O2S/c1-13(9-11-21-3)18(2)16(20)15-8-7-14(12-17-15)6-4-5-10-19/h7-8,12-13,19H,5,9-11H2,1-3H3. The molecule has 0 aliphatic heterocycles. The Morgan fingerprint density at radius 3 is 2.86 bits per heavy atom. The quantitative estimate of drug-likeness (QED) is 0.817. The molecule has 0 aromatic carbocycles. The predicted molar refractivity (Wildman–Crippen MR) is 87.4 cm³/mol. The molecule has 0 radical (unpaired) electrons. The number of aromatic nitrogens is 1. The third-order valence-corrected chi connectivity index (χ3v) is 3.82. The average Bonchev–Trinajstić information content (AvgIpc) is 2.52. The maximum absolute atomic E-state index is 12.3. The van der Waals surface area contributed by atoms with Gasteiger partial charge in [0.1, 0.15) is 5.69 Å². The van der Waals surface area contributed by atoms with Crippen molar-refractivity contribution in [3.8, 4) is 11.8 Å². The van der Waals surface area contributed by atoms with Gasteiger partial charge in [0.2, 0.25) is 0 Å². The number of aliphatic hydroxyl groups is 1. The van der Waals surface area contributed by atoms with Crippen molar-refractivity contribution < 1.29 is 9.90 Å². The molecule has 0 spiro atoms. The Morgan fingerprint density at radius 1 is 1.52 bits per heavy atom. The first-order valence-electron chi connectivity index (χ1n) is 6.92. The minimum absolute atomic E-state index is 0.0513. The van der Waals surface area contributed by atoms with Crippen LogP contribution in [0.5, 0.6) is 0 Å². The molecule has 1 atom stereocenters. The van der Waals surface area contributed by atoms with Gasteiger partial charge in [0.25, 0.3) is 5.91 Å². The Balaban J connectivity index is 2.68. The second-order valence-electron chi connectivity index (χ2n) is 4.75. The summed E-state index contributed by atoms with van der Waals surface area (Å²) in [6.45, 7) is 2.10. The molecule has 5 heteroatoms. The zero-order valence-corrected chi connectivity index (χ0v) is 13.6. The molecule has 0 bridgehead atoms. The Hall–Kier alpha value is -1.51. The van der Waals surface area contributed by atoms with Gasteiger partial charge in [-0.3, -0.25) is 4.79 Å². The summed E-state index contributed by atoms with van der Waals surface area (Å²) >= 11 is 1.78. The van der Waals surface area contributed by atoms with Gasteiger partial charge in [-0.15, -0.1) is 0 Å². The van der Waals surface area contributed by atoms with Crippen molar-refractivity contribution in [2.45, 2.75) is 25.8 Å². The molecule has 1 rings (SSSR count). The summed E-state index contributed by atoms with van der Waals surface area (Å²) < 4.78 is 0. The highest BCUT2D eigenvalue weighted by atomic mass is 32.2. The van der Waals surface area contributed by atoms with Crippen molar-refractivity contribution >= 4 is 17.7 Å². The van der Waals surface area contributed by atoms with Crippen LogP contribution in [0, 0.1) is 11.8 Å². The minimum Gasteiger partial charge on any atom is -0.395 e. The molecule has 4 nitrogen and oxygen atoms in total. The molecular weight excluding hydrogens is 284 g/mol. The minimum atomic E-state index is -0.0709. The maximum Gasteiger partial charge on any atom is 0.272 e. The number of hydrogen-bond acceptors (Lipinski definition) is 4. The summed E-state index contributed by atoms with van der Waals surface area (Å²) in [5.74, 6) is 6.68. The number of amides is 1. The van der Waals surface area contributed by atoms with E-state index < -0.39 is 0 Å². The number of rotatable bonds is 6. The van der Waals surface area contributed by atoms with Gasteiger partial charge in [-0.1, -0.05) is 11.8 Å². The number of hydrogen-bond donors (Lipinski definition) is 1. The smallest absolute Gasteiger partial charge is 0.272 e. The summed E-state index contributed by atoms with van der Waals surface area (Å²) in [5, 5.41) is 8.67. The Morgan fingerprint density at radius 2 is 2.29 bits per heavy atom. The van der Waals surface area contributed by atoms with Crippen LogP contribution >= 0.6 is 11.8 Å². The Bertz CT molecular complexity index is 505. The highest BCUT2D eigenvalue weighted by molar-refractivity contribution is 7.98. The summed E-state index contributed by atoms with van der Waals surface area (Å²) in [6.07, 6.45) is 5.06. The van der Waals surface area contributed by atoms with E-state index in [9.17, 15) is 4.79 Å². The average molecular weight is 306 g/mol. The van der Waals surface area contributed by atoms with Gasteiger partial charge in [-0.25, -0.2) is 4.98 Å². The predicted octanol–water partition coefficient (Wildman–Crippen LogP) is 2.03. The number of thioether (sulfide) groups is 1. The van der Waals surface area contributed by atoms with E-state index in [1.165, 1.54) is 0 Å². The van der Waals surface area contributed by atoms with Crippen molar-refractivity contribution in [1.82, 2.24) is 9.88 Å². The summed E-state index contributed by atoms with van der Waals surface area (Å²) in [4.78, 5) is 18.2. The van der Waals surface area contributed by atoms with Crippen LogP contribution in [0.25, 0.3) is 0 Å². The lowest BCUT2D eigenvalue weighted by Crippen LogP contribution is -2.35. The fourth-order valence-electron chi connectivity index (χ4n) is 1.68. The molecule has 114 valence electrons. The van der Waals surface area contributed by atoms with Crippen LogP contribution in [0.4, 0.5) is 0 Å². The fraction of sp³-hybridized carbons (Fsp3) is 0.500. The van der Waals surface area contributed by atoms with Gasteiger partial charge in [-0.05, 0) is 37.5 Å². The molecule has 0 saturated carbocycles. The van der Waals surface area contributed by atoms with Crippen LogP contribution in [-0.2, 0) is 0 Å². The van der Waals surface area contributed by atoms with Crippen LogP contribution in [0.1, 0.15) is 35.8 Å². The Kier molecular flexibility index (Phi) is 7.88. The lowest BCUT2D eigenvalue weighted by Gasteiger charge is -2.24. The number of pyridine rings is 1. The van der Waals surface area contributed by atoms with E-state index in [1.54, 1.807) is 35.0 Å². The van der Waals surface area contributed by atoms with Crippen molar-refractivity contribution in [2.24, 2.45) is 0 Å². The molecule has 21 heavy (non-hydrogen) atoms. The number of carbonyl (C=O) groups is 1. The SMILES string of the molecule is CSCCC(C)N(C)C(=O)c1ccc(C#CCCO)cn1. The molecule has 1 aromatic rings. The Labute approximate surface area is 131 Å². The number of nitrogens with zero attached hydrogens (tertiary/aromatic N) is 2. The molecule has 1 N–H and O–H groups in total. The topological polar surface area (TPSA) is 53.4 Å². The fourth-order valence-corrected chi connectivity index (χ4v) is 2.25. The maximum atomic E-state index is 12.3. The van der Waals surface area contributed by atoms with E-state index in [-0.39, 0.29) is 18.6 Å². The molecule has 1 amide bonds. The highest BCUT2D eigenvalue weighted by Crippen LogP contribution is 2.10. The highest BCUT2D eigenvalue weighted by Gasteiger charge is 2.17. The van der Waals surface area contributed by atoms with Crippen molar-refractivity contribution in [3.63, 3.8) is 0 Å². The second-order valence-corrected chi connectivity index (χ2v) is 5.74. The zero-order valence-electron chi connectivity index (χ0n) is 12.8. The largest absolute Gasteiger partial charge is 0.395 e. The van der Waals surface area contributed by atoms with Crippen LogP contribution < -0.4 is 0 Å². The first-order chi connectivity index (χ1) is 10.1.